The van der Waals surface area contributed by atoms with Gasteiger partial charge in [0.15, 0.2) is 0 Å². The van der Waals surface area contributed by atoms with Crippen molar-refractivity contribution in [2.45, 2.75) is 0 Å². The Kier molecular flexibility index (Phi) is 6.02. The summed E-state index contributed by atoms with van der Waals surface area (Å²) in [4.78, 5) is 14.5. The maximum atomic E-state index is 13.0. The van der Waals surface area contributed by atoms with E-state index in [-0.39, 0.29) is 5.57 Å². The molecule has 2 aromatic carbocycles. The molecule has 2 N–H and O–H groups in total. The smallest absolute Gasteiger partial charge is 0.267 e. The number of rotatable bonds is 5. The third kappa shape index (κ3) is 4.84. The molecule has 0 atom stereocenters. The lowest BCUT2D eigenvalue weighted by Crippen LogP contribution is -2.36. The van der Waals surface area contributed by atoms with Crippen molar-refractivity contribution >= 4 is 23.0 Å². The zero-order chi connectivity index (χ0) is 19.1. The van der Waals surface area contributed by atoms with E-state index in [1.54, 1.807) is 0 Å². The number of amides is 1. The normalized spacial score (nSPS) is 14.4. The van der Waals surface area contributed by atoms with Crippen LogP contribution < -0.4 is 15.5 Å². The van der Waals surface area contributed by atoms with Crippen LogP contribution >= 0.6 is 0 Å². The van der Waals surface area contributed by atoms with E-state index in [2.05, 4.69) is 15.5 Å². The second kappa shape index (κ2) is 8.83. The molecule has 0 unspecified atom stereocenters. The highest BCUT2D eigenvalue weighted by Crippen LogP contribution is 2.26. The van der Waals surface area contributed by atoms with Crippen LogP contribution in [-0.4, -0.2) is 32.2 Å². The zero-order valence-electron chi connectivity index (χ0n) is 14.6. The van der Waals surface area contributed by atoms with E-state index in [0.29, 0.717) is 18.9 Å². The fraction of sp³-hybridized carbons (Fsp3) is 0.200. The minimum Gasteiger partial charge on any atom is -0.378 e. The first-order chi connectivity index (χ1) is 13.2. The Morgan fingerprint density at radius 2 is 1.85 bits per heavy atom. The number of hydrogen-bond donors (Lipinski definition) is 2. The summed E-state index contributed by atoms with van der Waals surface area (Å²) >= 11 is 0. The first kappa shape index (κ1) is 18.4. The quantitative estimate of drug-likeness (QED) is 0.628. The molecule has 0 spiro atoms. The second-order valence-electron chi connectivity index (χ2n) is 5.89. The molecular formula is C20H19FN4O2. The predicted octanol–water partition coefficient (Wildman–Crippen LogP) is 3.12. The van der Waals surface area contributed by atoms with Gasteiger partial charge in [0, 0.05) is 25.0 Å². The Morgan fingerprint density at radius 3 is 2.56 bits per heavy atom. The van der Waals surface area contributed by atoms with E-state index in [9.17, 15) is 14.4 Å². The molecule has 27 heavy (non-hydrogen) atoms. The van der Waals surface area contributed by atoms with Crippen molar-refractivity contribution in [1.82, 2.24) is 0 Å². The highest BCUT2D eigenvalue weighted by Gasteiger charge is 2.15. The lowest BCUT2D eigenvalue weighted by atomic mass is 10.2. The van der Waals surface area contributed by atoms with Crippen LogP contribution in [0.5, 0.6) is 0 Å². The summed E-state index contributed by atoms with van der Waals surface area (Å²) in [5.74, 6) is -0.967. The number of ether oxygens (including phenoxy) is 1. The molecular weight excluding hydrogens is 347 g/mol. The number of hydrogen-bond acceptors (Lipinski definition) is 5. The lowest BCUT2D eigenvalue weighted by Gasteiger charge is -2.30. The van der Waals surface area contributed by atoms with Gasteiger partial charge in [0.25, 0.3) is 5.91 Å². The third-order valence-electron chi connectivity index (χ3n) is 4.09. The van der Waals surface area contributed by atoms with Crippen molar-refractivity contribution in [3.05, 3.63) is 66.1 Å². The van der Waals surface area contributed by atoms with E-state index in [0.717, 1.165) is 24.5 Å². The van der Waals surface area contributed by atoms with E-state index >= 15 is 0 Å². The van der Waals surface area contributed by atoms with Gasteiger partial charge in [-0.05, 0) is 36.4 Å². The molecule has 1 heterocycles. The van der Waals surface area contributed by atoms with Gasteiger partial charge in [-0.1, -0.05) is 12.1 Å². The summed E-state index contributed by atoms with van der Waals surface area (Å²) in [7, 11) is 0. The highest BCUT2D eigenvalue weighted by atomic mass is 19.1. The number of morpholine rings is 1. The average molecular weight is 366 g/mol. The van der Waals surface area contributed by atoms with Gasteiger partial charge in [-0.2, -0.15) is 5.26 Å². The number of nitrogens with zero attached hydrogens (tertiary/aromatic N) is 2. The minimum atomic E-state index is -0.569. The Labute approximate surface area is 156 Å². The van der Waals surface area contributed by atoms with Gasteiger partial charge in [0.2, 0.25) is 0 Å². The van der Waals surface area contributed by atoms with Gasteiger partial charge in [-0.25, -0.2) is 4.39 Å². The van der Waals surface area contributed by atoms with Crippen LogP contribution in [0.2, 0.25) is 0 Å². The van der Waals surface area contributed by atoms with Crippen molar-refractivity contribution < 1.29 is 13.9 Å². The monoisotopic (exact) mass is 366 g/mol. The number of carbonyl (C=O) groups is 1. The predicted molar refractivity (Wildman–Crippen MR) is 102 cm³/mol. The first-order valence-electron chi connectivity index (χ1n) is 8.53. The van der Waals surface area contributed by atoms with Crippen LogP contribution in [0.15, 0.2) is 60.3 Å². The number of benzene rings is 2. The Morgan fingerprint density at radius 1 is 1.15 bits per heavy atom. The molecule has 0 radical (unpaired) electrons. The summed E-state index contributed by atoms with van der Waals surface area (Å²) in [6.45, 7) is 2.87. The van der Waals surface area contributed by atoms with Crippen molar-refractivity contribution in [1.29, 1.82) is 5.26 Å². The fourth-order valence-electron chi connectivity index (χ4n) is 2.71. The minimum absolute atomic E-state index is 0.0869. The van der Waals surface area contributed by atoms with Gasteiger partial charge < -0.3 is 20.3 Å². The van der Waals surface area contributed by atoms with Crippen LogP contribution in [0.4, 0.5) is 21.5 Å². The van der Waals surface area contributed by atoms with Gasteiger partial charge in [0.05, 0.1) is 24.6 Å². The zero-order valence-corrected chi connectivity index (χ0v) is 14.6. The summed E-state index contributed by atoms with van der Waals surface area (Å²) in [6, 6.07) is 14.9. The Balaban J connectivity index is 1.72. The topological polar surface area (TPSA) is 77.4 Å². The van der Waals surface area contributed by atoms with E-state index < -0.39 is 11.7 Å². The molecule has 1 saturated heterocycles. The van der Waals surface area contributed by atoms with Crippen molar-refractivity contribution in [3.8, 4) is 6.07 Å². The van der Waals surface area contributed by atoms with Crippen LogP contribution in [0.3, 0.4) is 0 Å². The van der Waals surface area contributed by atoms with Gasteiger partial charge >= 0.3 is 0 Å². The van der Waals surface area contributed by atoms with Crippen molar-refractivity contribution in [2.24, 2.45) is 0 Å². The Hall–Kier alpha value is -3.37. The molecule has 7 heteroatoms. The highest BCUT2D eigenvalue weighted by molar-refractivity contribution is 6.06. The number of carbonyl (C=O) groups excluding carboxylic acids is 1. The number of nitriles is 1. The maximum Gasteiger partial charge on any atom is 0.267 e. The van der Waals surface area contributed by atoms with E-state index in [1.165, 1.54) is 30.5 Å². The van der Waals surface area contributed by atoms with Crippen LogP contribution in [0.25, 0.3) is 0 Å². The maximum absolute atomic E-state index is 13.0. The van der Waals surface area contributed by atoms with Gasteiger partial charge in [-0.15, -0.1) is 0 Å². The number of halogens is 1. The van der Waals surface area contributed by atoms with Crippen LogP contribution in [0, 0.1) is 17.1 Å². The number of anilines is 3. The van der Waals surface area contributed by atoms with Crippen LogP contribution in [-0.2, 0) is 9.53 Å². The molecule has 0 aromatic heterocycles. The van der Waals surface area contributed by atoms with E-state index in [1.807, 2.05) is 30.3 Å². The molecule has 3 rings (SSSR count). The molecule has 2 aromatic rings. The molecule has 6 nitrogen and oxygen atoms in total. The molecule has 1 aliphatic rings. The molecule has 1 amide bonds. The Bertz CT molecular complexity index is 868. The number of nitrogens with one attached hydrogen (secondary N) is 2. The fourth-order valence-corrected chi connectivity index (χ4v) is 2.71. The summed E-state index contributed by atoms with van der Waals surface area (Å²) in [5, 5.41) is 14.9. The second-order valence-corrected chi connectivity index (χ2v) is 5.89. The van der Waals surface area contributed by atoms with Crippen LogP contribution in [0.1, 0.15) is 0 Å². The molecule has 1 fully saturated rings. The molecule has 0 saturated carbocycles. The SMILES string of the molecule is N#C/C(=C/Nc1ccccc1N1CCOCC1)C(=O)Nc1ccc(F)cc1. The summed E-state index contributed by atoms with van der Waals surface area (Å²) in [6.07, 6.45) is 1.37. The molecule has 0 aliphatic carbocycles. The summed E-state index contributed by atoms with van der Waals surface area (Å²) < 4.78 is 18.3. The van der Waals surface area contributed by atoms with Crippen molar-refractivity contribution in [3.63, 3.8) is 0 Å². The summed E-state index contributed by atoms with van der Waals surface area (Å²) in [5.41, 5.74) is 2.10. The van der Waals surface area contributed by atoms with Gasteiger partial charge in [-0.3, -0.25) is 4.79 Å². The standard InChI is InChI=1S/C20H19FN4O2/c21-16-5-7-17(8-6-16)24-20(26)15(13-22)14-23-18-3-1-2-4-19(18)25-9-11-27-12-10-25/h1-8,14,23H,9-12H2,(H,24,26)/b15-14-. The molecule has 0 bridgehead atoms. The lowest BCUT2D eigenvalue weighted by molar-refractivity contribution is -0.112. The third-order valence-corrected chi connectivity index (χ3v) is 4.09. The number of para-hydroxylation sites is 2. The van der Waals surface area contributed by atoms with Gasteiger partial charge in [0.1, 0.15) is 17.5 Å². The van der Waals surface area contributed by atoms with E-state index in [4.69, 9.17) is 4.74 Å². The molecule has 138 valence electrons. The van der Waals surface area contributed by atoms with Crippen molar-refractivity contribution in [2.75, 3.05) is 41.8 Å². The molecule has 1 aliphatic heterocycles. The first-order valence-corrected chi connectivity index (χ1v) is 8.53. The average Bonchev–Trinajstić information content (AvgIpc) is 2.71. The largest absolute Gasteiger partial charge is 0.378 e.